The molecule has 2 aromatic carbocycles. The first kappa shape index (κ1) is 14.5. The summed E-state index contributed by atoms with van der Waals surface area (Å²) >= 11 is 3.36. The molecule has 0 radical (unpaired) electrons. The smallest absolute Gasteiger partial charge is 0.255 e. The molecule has 0 unspecified atom stereocenters. The maximum absolute atomic E-state index is 13.6. The molecule has 0 aliphatic heterocycles. The number of hydrogen-bond donors (Lipinski definition) is 2. The van der Waals surface area contributed by atoms with Crippen LogP contribution in [0.1, 0.15) is 15.9 Å². The molecule has 0 aliphatic rings. The van der Waals surface area contributed by atoms with Gasteiger partial charge in [-0.25, -0.2) is 4.39 Å². The molecule has 0 saturated heterocycles. The molecule has 3 nitrogen and oxygen atoms in total. The van der Waals surface area contributed by atoms with Crippen molar-refractivity contribution in [1.82, 2.24) is 0 Å². The Morgan fingerprint density at radius 3 is 2.45 bits per heavy atom. The average Bonchev–Trinajstić information content (AvgIpc) is 2.41. The molecule has 104 valence electrons. The van der Waals surface area contributed by atoms with Crippen LogP contribution in [-0.4, -0.2) is 13.0 Å². The fourth-order valence-electron chi connectivity index (χ4n) is 1.82. The number of aryl methyl sites for hydroxylation is 1. The Kier molecular flexibility index (Phi) is 4.39. The molecule has 0 atom stereocenters. The highest BCUT2D eigenvalue weighted by molar-refractivity contribution is 9.10. The van der Waals surface area contributed by atoms with Crippen molar-refractivity contribution < 1.29 is 9.18 Å². The molecular weight excluding hydrogens is 323 g/mol. The Bertz CT molecular complexity index is 658. The van der Waals surface area contributed by atoms with E-state index in [-0.39, 0.29) is 11.5 Å². The Morgan fingerprint density at radius 2 is 1.85 bits per heavy atom. The molecular formula is C15H14BrFN2O. The van der Waals surface area contributed by atoms with Gasteiger partial charge in [0.25, 0.3) is 5.91 Å². The topological polar surface area (TPSA) is 41.1 Å². The molecule has 2 rings (SSSR count). The summed E-state index contributed by atoms with van der Waals surface area (Å²) in [6, 6.07) is 9.88. The van der Waals surface area contributed by atoms with Crippen molar-refractivity contribution in [1.29, 1.82) is 0 Å². The lowest BCUT2D eigenvalue weighted by molar-refractivity contribution is 0.102. The fraction of sp³-hybridized carbons (Fsp3) is 0.133. The van der Waals surface area contributed by atoms with E-state index in [1.165, 1.54) is 6.07 Å². The summed E-state index contributed by atoms with van der Waals surface area (Å²) in [5, 5.41) is 5.49. The van der Waals surface area contributed by atoms with Crippen LogP contribution in [0.2, 0.25) is 0 Å². The van der Waals surface area contributed by atoms with Crippen molar-refractivity contribution in [3.8, 4) is 0 Å². The number of hydrogen-bond acceptors (Lipinski definition) is 2. The number of benzene rings is 2. The van der Waals surface area contributed by atoms with Gasteiger partial charge >= 0.3 is 0 Å². The minimum Gasteiger partial charge on any atom is -0.386 e. The number of carbonyl (C=O) groups is 1. The van der Waals surface area contributed by atoms with Gasteiger partial charge in [0.15, 0.2) is 0 Å². The van der Waals surface area contributed by atoms with Gasteiger partial charge in [-0.3, -0.25) is 4.79 Å². The fourth-order valence-corrected chi connectivity index (χ4v) is 2.30. The van der Waals surface area contributed by atoms with Crippen molar-refractivity contribution >= 4 is 33.2 Å². The maximum atomic E-state index is 13.6. The number of rotatable bonds is 3. The molecule has 0 spiro atoms. The third-order valence-electron chi connectivity index (χ3n) is 2.94. The summed E-state index contributed by atoms with van der Waals surface area (Å²) in [4.78, 5) is 12.1. The van der Waals surface area contributed by atoms with E-state index in [4.69, 9.17) is 0 Å². The molecule has 0 aliphatic carbocycles. The third kappa shape index (κ3) is 3.17. The SMILES string of the molecule is CNc1ccc(C(=O)Nc2ccc(Br)cc2C)cc1F. The summed E-state index contributed by atoms with van der Waals surface area (Å²) in [5.41, 5.74) is 2.28. The van der Waals surface area contributed by atoms with Crippen molar-refractivity contribution in [3.05, 3.63) is 57.8 Å². The van der Waals surface area contributed by atoms with E-state index in [0.29, 0.717) is 11.4 Å². The lowest BCUT2D eigenvalue weighted by Gasteiger charge is -2.10. The largest absolute Gasteiger partial charge is 0.386 e. The van der Waals surface area contributed by atoms with Crippen LogP contribution in [0.25, 0.3) is 0 Å². The van der Waals surface area contributed by atoms with E-state index < -0.39 is 5.82 Å². The van der Waals surface area contributed by atoms with E-state index in [0.717, 1.165) is 10.0 Å². The van der Waals surface area contributed by atoms with Crippen molar-refractivity contribution in [2.24, 2.45) is 0 Å². The van der Waals surface area contributed by atoms with E-state index in [1.807, 2.05) is 19.1 Å². The van der Waals surface area contributed by atoms with Crippen LogP contribution in [0.3, 0.4) is 0 Å². The standard InChI is InChI=1S/C15H14BrFN2O/c1-9-7-11(16)4-6-13(9)19-15(20)10-3-5-14(18-2)12(17)8-10/h3-8,18H,1-2H3,(H,19,20). The molecule has 0 heterocycles. The van der Waals surface area contributed by atoms with E-state index in [9.17, 15) is 9.18 Å². The van der Waals surface area contributed by atoms with Crippen LogP contribution in [0.4, 0.5) is 15.8 Å². The van der Waals surface area contributed by atoms with Crippen LogP contribution in [0.5, 0.6) is 0 Å². The van der Waals surface area contributed by atoms with Gasteiger partial charge in [-0.05, 0) is 48.9 Å². The Balaban J connectivity index is 2.21. The first-order chi connectivity index (χ1) is 9.51. The van der Waals surface area contributed by atoms with Crippen LogP contribution < -0.4 is 10.6 Å². The average molecular weight is 337 g/mol. The van der Waals surface area contributed by atoms with Crippen molar-refractivity contribution in [3.63, 3.8) is 0 Å². The Labute approximate surface area is 125 Å². The molecule has 0 saturated carbocycles. The molecule has 20 heavy (non-hydrogen) atoms. The van der Waals surface area contributed by atoms with E-state index in [2.05, 4.69) is 26.6 Å². The summed E-state index contributed by atoms with van der Waals surface area (Å²) in [5.74, 6) is -0.787. The number of carbonyl (C=O) groups excluding carboxylic acids is 1. The normalized spacial score (nSPS) is 10.2. The van der Waals surface area contributed by atoms with Gasteiger partial charge in [-0.15, -0.1) is 0 Å². The van der Waals surface area contributed by atoms with Crippen LogP contribution in [0, 0.1) is 12.7 Å². The highest BCUT2D eigenvalue weighted by Crippen LogP contribution is 2.21. The second-order valence-corrected chi connectivity index (χ2v) is 5.27. The second kappa shape index (κ2) is 6.05. The van der Waals surface area contributed by atoms with E-state index in [1.54, 1.807) is 25.2 Å². The molecule has 2 N–H and O–H groups in total. The summed E-state index contributed by atoms with van der Waals surface area (Å²) < 4.78 is 14.6. The molecule has 2 aromatic rings. The molecule has 5 heteroatoms. The zero-order chi connectivity index (χ0) is 14.7. The Morgan fingerprint density at radius 1 is 1.15 bits per heavy atom. The van der Waals surface area contributed by atoms with E-state index >= 15 is 0 Å². The first-order valence-corrected chi connectivity index (χ1v) is 6.85. The molecule has 1 amide bonds. The lowest BCUT2D eigenvalue weighted by atomic mass is 10.1. The summed E-state index contributed by atoms with van der Waals surface area (Å²) in [6.07, 6.45) is 0. The second-order valence-electron chi connectivity index (χ2n) is 4.36. The molecule has 0 fully saturated rings. The van der Waals surface area contributed by atoms with Gasteiger partial charge in [-0.2, -0.15) is 0 Å². The zero-order valence-electron chi connectivity index (χ0n) is 11.1. The van der Waals surface area contributed by atoms with Gasteiger partial charge < -0.3 is 10.6 Å². The predicted molar refractivity (Wildman–Crippen MR) is 82.8 cm³/mol. The maximum Gasteiger partial charge on any atom is 0.255 e. The van der Waals surface area contributed by atoms with Crippen molar-refractivity contribution in [2.45, 2.75) is 6.92 Å². The zero-order valence-corrected chi connectivity index (χ0v) is 12.7. The van der Waals surface area contributed by atoms with Crippen LogP contribution in [-0.2, 0) is 0 Å². The predicted octanol–water partition coefficient (Wildman–Crippen LogP) is 4.19. The van der Waals surface area contributed by atoms with Gasteiger partial charge in [-0.1, -0.05) is 15.9 Å². The lowest BCUT2D eigenvalue weighted by Crippen LogP contribution is -2.13. The molecule has 0 aromatic heterocycles. The monoisotopic (exact) mass is 336 g/mol. The highest BCUT2D eigenvalue weighted by Gasteiger charge is 2.10. The van der Waals surface area contributed by atoms with Gasteiger partial charge in [0.1, 0.15) is 5.82 Å². The van der Waals surface area contributed by atoms with Gasteiger partial charge in [0.05, 0.1) is 5.69 Å². The summed E-state index contributed by atoms with van der Waals surface area (Å²) in [6.45, 7) is 1.89. The quantitative estimate of drug-likeness (QED) is 0.882. The van der Waals surface area contributed by atoms with Gasteiger partial charge in [0.2, 0.25) is 0 Å². The number of halogens is 2. The minimum absolute atomic E-state index is 0.281. The summed E-state index contributed by atoms with van der Waals surface area (Å²) in [7, 11) is 1.63. The number of amides is 1. The third-order valence-corrected chi connectivity index (χ3v) is 3.43. The number of nitrogens with one attached hydrogen (secondary N) is 2. The highest BCUT2D eigenvalue weighted by atomic mass is 79.9. The van der Waals surface area contributed by atoms with Crippen LogP contribution >= 0.6 is 15.9 Å². The van der Waals surface area contributed by atoms with Crippen LogP contribution in [0.15, 0.2) is 40.9 Å². The van der Waals surface area contributed by atoms with Gasteiger partial charge in [0, 0.05) is 22.8 Å². The Hall–Kier alpha value is -1.88. The number of anilines is 2. The minimum atomic E-state index is -0.451. The first-order valence-electron chi connectivity index (χ1n) is 6.06. The molecule has 0 bridgehead atoms. The van der Waals surface area contributed by atoms with Crippen molar-refractivity contribution in [2.75, 3.05) is 17.7 Å².